The SMILES string of the molecule is CCC[Si](CC(C)C)(CC(C)C)OCC. The summed E-state index contributed by atoms with van der Waals surface area (Å²) < 4.78 is 6.23. The molecule has 0 amide bonds. The molecule has 0 rings (SSSR count). The molecule has 0 fully saturated rings. The summed E-state index contributed by atoms with van der Waals surface area (Å²) in [4.78, 5) is 0. The van der Waals surface area contributed by atoms with Crippen LogP contribution in [0.15, 0.2) is 0 Å². The molecule has 0 aromatic carbocycles. The lowest BCUT2D eigenvalue weighted by Crippen LogP contribution is -2.40. The molecular formula is C13H30OSi. The third kappa shape index (κ3) is 6.36. The smallest absolute Gasteiger partial charge is 0.193 e. The van der Waals surface area contributed by atoms with E-state index in [2.05, 4.69) is 41.5 Å². The van der Waals surface area contributed by atoms with Crippen LogP contribution in [-0.2, 0) is 4.43 Å². The molecule has 0 N–H and O–H groups in total. The van der Waals surface area contributed by atoms with Crippen molar-refractivity contribution in [2.24, 2.45) is 11.8 Å². The predicted octanol–water partition coefficient (Wildman–Crippen LogP) is 4.69. The van der Waals surface area contributed by atoms with E-state index in [1.165, 1.54) is 24.6 Å². The van der Waals surface area contributed by atoms with Gasteiger partial charge in [0.05, 0.1) is 0 Å². The van der Waals surface area contributed by atoms with E-state index in [1.807, 2.05) is 0 Å². The Hall–Kier alpha value is 0.177. The Morgan fingerprint density at radius 3 is 1.67 bits per heavy atom. The molecule has 0 unspecified atom stereocenters. The summed E-state index contributed by atoms with van der Waals surface area (Å²) in [5.41, 5.74) is 0. The van der Waals surface area contributed by atoms with Gasteiger partial charge in [0, 0.05) is 6.61 Å². The summed E-state index contributed by atoms with van der Waals surface area (Å²) in [6.45, 7) is 14.7. The maximum absolute atomic E-state index is 6.23. The van der Waals surface area contributed by atoms with Crippen molar-refractivity contribution in [3.8, 4) is 0 Å². The minimum Gasteiger partial charge on any atom is -0.417 e. The zero-order valence-electron chi connectivity index (χ0n) is 11.6. The maximum Gasteiger partial charge on any atom is 0.193 e. The fourth-order valence-electron chi connectivity index (χ4n) is 2.73. The first-order valence-electron chi connectivity index (χ1n) is 6.59. The van der Waals surface area contributed by atoms with Gasteiger partial charge in [0.2, 0.25) is 0 Å². The lowest BCUT2D eigenvalue weighted by Gasteiger charge is -2.34. The van der Waals surface area contributed by atoms with Gasteiger partial charge in [-0.1, -0.05) is 41.0 Å². The topological polar surface area (TPSA) is 9.23 Å². The normalized spacial score (nSPS) is 12.8. The van der Waals surface area contributed by atoms with Crippen molar-refractivity contribution in [2.75, 3.05) is 6.61 Å². The molecule has 2 heteroatoms. The minimum absolute atomic E-state index is 0.786. The van der Waals surface area contributed by atoms with Gasteiger partial charge in [-0.05, 0) is 36.9 Å². The van der Waals surface area contributed by atoms with Crippen molar-refractivity contribution in [3.05, 3.63) is 0 Å². The first kappa shape index (κ1) is 15.2. The largest absolute Gasteiger partial charge is 0.417 e. The van der Waals surface area contributed by atoms with E-state index in [1.54, 1.807) is 0 Å². The molecule has 0 bridgehead atoms. The summed E-state index contributed by atoms with van der Waals surface area (Å²) in [5.74, 6) is 1.57. The maximum atomic E-state index is 6.23. The molecule has 0 atom stereocenters. The second-order valence-corrected chi connectivity index (χ2v) is 9.53. The fourth-order valence-corrected chi connectivity index (χ4v) is 8.18. The average molecular weight is 230 g/mol. The fraction of sp³-hybridized carbons (Fsp3) is 1.00. The summed E-state index contributed by atoms with van der Waals surface area (Å²) in [5, 5.41) is 0. The Morgan fingerprint density at radius 2 is 1.40 bits per heavy atom. The van der Waals surface area contributed by atoms with Crippen LogP contribution in [0, 0.1) is 11.8 Å². The van der Waals surface area contributed by atoms with Gasteiger partial charge in [0.1, 0.15) is 0 Å². The molecule has 0 saturated carbocycles. The molecule has 0 aliphatic carbocycles. The monoisotopic (exact) mass is 230 g/mol. The number of hydrogen-bond acceptors (Lipinski definition) is 1. The molecule has 0 aromatic rings. The lowest BCUT2D eigenvalue weighted by molar-refractivity contribution is 0.307. The van der Waals surface area contributed by atoms with Crippen LogP contribution in [-0.4, -0.2) is 14.9 Å². The van der Waals surface area contributed by atoms with E-state index in [9.17, 15) is 0 Å². The first-order chi connectivity index (χ1) is 6.95. The molecule has 0 heterocycles. The van der Waals surface area contributed by atoms with Crippen molar-refractivity contribution in [1.82, 2.24) is 0 Å². The van der Waals surface area contributed by atoms with Gasteiger partial charge < -0.3 is 4.43 Å². The Morgan fingerprint density at radius 1 is 0.933 bits per heavy atom. The van der Waals surface area contributed by atoms with Gasteiger partial charge in [-0.2, -0.15) is 0 Å². The highest BCUT2D eigenvalue weighted by Crippen LogP contribution is 2.31. The second kappa shape index (κ2) is 7.45. The molecule has 0 aromatic heterocycles. The molecule has 0 radical (unpaired) electrons. The summed E-state index contributed by atoms with van der Waals surface area (Å²) >= 11 is 0. The predicted molar refractivity (Wildman–Crippen MR) is 71.8 cm³/mol. The van der Waals surface area contributed by atoms with Crippen molar-refractivity contribution >= 4 is 8.32 Å². The van der Waals surface area contributed by atoms with Gasteiger partial charge in [-0.25, -0.2) is 0 Å². The Kier molecular flexibility index (Phi) is 7.54. The van der Waals surface area contributed by atoms with Crippen LogP contribution in [0.1, 0.15) is 48.0 Å². The third-order valence-corrected chi connectivity index (χ3v) is 8.15. The molecule has 0 spiro atoms. The van der Waals surface area contributed by atoms with E-state index in [0.717, 1.165) is 18.4 Å². The van der Waals surface area contributed by atoms with Crippen molar-refractivity contribution in [1.29, 1.82) is 0 Å². The van der Waals surface area contributed by atoms with Gasteiger partial charge in [-0.3, -0.25) is 0 Å². The van der Waals surface area contributed by atoms with Crippen LogP contribution < -0.4 is 0 Å². The molecule has 15 heavy (non-hydrogen) atoms. The van der Waals surface area contributed by atoms with E-state index < -0.39 is 8.32 Å². The van der Waals surface area contributed by atoms with Gasteiger partial charge in [-0.15, -0.1) is 0 Å². The van der Waals surface area contributed by atoms with Crippen molar-refractivity contribution in [3.63, 3.8) is 0 Å². The lowest BCUT2D eigenvalue weighted by atomic mass is 10.3. The molecule has 1 nitrogen and oxygen atoms in total. The number of hydrogen-bond donors (Lipinski definition) is 0. The molecule has 0 aliphatic heterocycles. The quantitative estimate of drug-likeness (QED) is 0.550. The summed E-state index contributed by atoms with van der Waals surface area (Å²) in [6.07, 6.45) is 1.28. The van der Waals surface area contributed by atoms with Crippen LogP contribution in [0.3, 0.4) is 0 Å². The number of rotatable bonds is 8. The Bertz CT molecular complexity index is 137. The van der Waals surface area contributed by atoms with Crippen LogP contribution >= 0.6 is 0 Å². The van der Waals surface area contributed by atoms with Gasteiger partial charge >= 0.3 is 0 Å². The molecule has 92 valence electrons. The summed E-state index contributed by atoms with van der Waals surface area (Å²) in [6, 6.07) is 4.02. The van der Waals surface area contributed by atoms with Crippen LogP contribution in [0.2, 0.25) is 18.1 Å². The second-order valence-electron chi connectivity index (χ2n) is 5.56. The highest BCUT2D eigenvalue weighted by molar-refractivity contribution is 6.73. The van der Waals surface area contributed by atoms with Crippen molar-refractivity contribution < 1.29 is 4.43 Å². The van der Waals surface area contributed by atoms with E-state index in [-0.39, 0.29) is 0 Å². The van der Waals surface area contributed by atoms with Gasteiger partial charge in [0.15, 0.2) is 8.32 Å². The van der Waals surface area contributed by atoms with E-state index in [4.69, 9.17) is 4.43 Å². The average Bonchev–Trinajstić information content (AvgIpc) is 2.01. The zero-order valence-corrected chi connectivity index (χ0v) is 12.6. The first-order valence-corrected chi connectivity index (χ1v) is 9.12. The van der Waals surface area contributed by atoms with Crippen LogP contribution in [0.5, 0.6) is 0 Å². The Balaban J connectivity index is 4.55. The van der Waals surface area contributed by atoms with Crippen molar-refractivity contribution in [2.45, 2.75) is 66.1 Å². The van der Waals surface area contributed by atoms with E-state index in [0.29, 0.717) is 0 Å². The highest BCUT2D eigenvalue weighted by atomic mass is 28.4. The van der Waals surface area contributed by atoms with Crippen LogP contribution in [0.25, 0.3) is 0 Å². The zero-order chi connectivity index (χ0) is 11.9. The highest BCUT2D eigenvalue weighted by Gasteiger charge is 2.34. The molecule has 0 saturated heterocycles. The summed E-state index contributed by atoms with van der Waals surface area (Å²) in [7, 11) is -1.42. The standard InChI is InChI=1S/C13H30OSi/c1-7-9-15(14-8-2,10-12(3)4)11-13(5)6/h12-13H,7-11H2,1-6H3. The van der Waals surface area contributed by atoms with E-state index >= 15 is 0 Å². The third-order valence-electron chi connectivity index (χ3n) is 2.72. The Labute approximate surface area is 97.7 Å². The van der Waals surface area contributed by atoms with Gasteiger partial charge in [0.25, 0.3) is 0 Å². The molecule has 0 aliphatic rings. The van der Waals surface area contributed by atoms with Crippen LogP contribution in [0.4, 0.5) is 0 Å². The minimum atomic E-state index is -1.42. The molecular weight excluding hydrogens is 200 g/mol.